The van der Waals surface area contributed by atoms with E-state index < -0.39 is 29.6 Å². The van der Waals surface area contributed by atoms with Crippen molar-refractivity contribution in [3.63, 3.8) is 0 Å². The highest BCUT2D eigenvalue weighted by atomic mass is 79.9. The SMILES string of the molecule is O=C(NNC(=O)C1C2CCC(C2)C1C(=O)[O-])c1ccc(Br)o1. The highest BCUT2D eigenvalue weighted by Gasteiger charge is 2.51. The third-order valence-corrected chi connectivity index (χ3v) is 5.01. The molecule has 8 heteroatoms. The van der Waals surface area contributed by atoms with Crippen LogP contribution < -0.4 is 16.0 Å². The van der Waals surface area contributed by atoms with Crippen LogP contribution in [-0.2, 0) is 9.59 Å². The molecule has 2 amide bonds. The summed E-state index contributed by atoms with van der Waals surface area (Å²) in [4.78, 5) is 35.3. The van der Waals surface area contributed by atoms with Gasteiger partial charge in [0.15, 0.2) is 10.4 Å². The average Bonchev–Trinajstić information content (AvgIpc) is 3.18. The Hall–Kier alpha value is -1.83. The van der Waals surface area contributed by atoms with Crippen LogP contribution in [0.2, 0.25) is 0 Å². The van der Waals surface area contributed by atoms with E-state index in [4.69, 9.17) is 4.42 Å². The second kappa shape index (κ2) is 5.75. The van der Waals surface area contributed by atoms with Crippen LogP contribution in [0.25, 0.3) is 0 Å². The molecule has 4 atom stereocenters. The lowest BCUT2D eigenvalue weighted by Crippen LogP contribution is -2.50. The lowest BCUT2D eigenvalue weighted by Gasteiger charge is -2.30. The second-order valence-corrected chi connectivity index (χ2v) is 6.53. The molecule has 22 heavy (non-hydrogen) atoms. The van der Waals surface area contributed by atoms with Crippen molar-refractivity contribution in [1.82, 2.24) is 10.9 Å². The van der Waals surface area contributed by atoms with Gasteiger partial charge in [0.25, 0.3) is 0 Å². The van der Waals surface area contributed by atoms with Crippen LogP contribution in [0.15, 0.2) is 21.2 Å². The largest absolute Gasteiger partial charge is 0.550 e. The van der Waals surface area contributed by atoms with Crippen molar-refractivity contribution in [3.05, 3.63) is 22.6 Å². The minimum Gasteiger partial charge on any atom is -0.550 e. The predicted molar refractivity (Wildman–Crippen MR) is 74.8 cm³/mol. The Bertz CT molecular complexity index is 629. The maximum atomic E-state index is 12.2. The summed E-state index contributed by atoms with van der Waals surface area (Å²) in [5.41, 5.74) is 4.54. The van der Waals surface area contributed by atoms with Crippen LogP contribution >= 0.6 is 15.9 Å². The lowest BCUT2D eigenvalue weighted by atomic mass is 9.79. The molecule has 0 aliphatic heterocycles. The number of hydrazine groups is 1. The molecule has 7 nitrogen and oxygen atoms in total. The Balaban J connectivity index is 1.62. The van der Waals surface area contributed by atoms with Gasteiger partial charge in [-0.1, -0.05) is 0 Å². The average molecular weight is 370 g/mol. The van der Waals surface area contributed by atoms with Gasteiger partial charge in [-0.15, -0.1) is 0 Å². The quantitative estimate of drug-likeness (QED) is 0.740. The summed E-state index contributed by atoms with van der Waals surface area (Å²) in [5.74, 6) is -3.61. The molecule has 1 aromatic rings. The van der Waals surface area contributed by atoms with Gasteiger partial charge in [-0.3, -0.25) is 20.4 Å². The first-order chi connectivity index (χ1) is 10.5. The fourth-order valence-corrected chi connectivity index (χ4v) is 4.01. The highest BCUT2D eigenvalue weighted by Crippen LogP contribution is 2.52. The molecule has 118 valence electrons. The molecule has 0 saturated heterocycles. The summed E-state index contributed by atoms with van der Waals surface area (Å²) in [6.45, 7) is 0. The molecule has 1 heterocycles. The summed E-state index contributed by atoms with van der Waals surface area (Å²) < 4.78 is 5.46. The molecule has 2 aliphatic carbocycles. The van der Waals surface area contributed by atoms with Crippen LogP contribution in [0, 0.1) is 23.7 Å². The maximum Gasteiger partial charge on any atom is 0.305 e. The van der Waals surface area contributed by atoms with Crippen LogP contribution in [0.3, 0.4) is 0 Å². The third-order valence-electron chi connectivity index (χ3n) is 4.59. The number of amides is 2. The molecule has 2 N–H and O–H groups in total. The molecule has 4 unspecified atom stereocenters. The number of hydrogen-bond donors (Lipinski definition) is 2. The monoisotopic (exact) mass is 369 g/mol. The van der Waals surface area contributed by atoms with Crippen molar-refractivity contribution in [1.29, 1.82) is 0 Å². The number of carboxylic acid groups (broad SMARTS) is 1. The molecule has 2 saturated carbocycles. The van der Waals surface area contributed by atoms with Crippen molar-refractivity contribution < 1.29 is 23.9 Å². The summed E-state index contributed by atoms with van der Waals surface area (Å²) in [6.07, 6.45) is 2.39. The molecule has 0 radical (unpaired) electrons. The van der Waals surface area contributed by atoms with E-state index in [1.165, 1.54) is 6.07 Å². The number of nitrogens with one attached hydrogen (secondary N) is 2. The molecular weight excluding hydrogens is 356 g/mol. The van der Waals surface area contributed by atoms with Crippen molar-refractivity contribution in [3.8, 4) is 0 Å². The predicted octanol–water partition coefficient (Wildman–Crippen LogP) is 0.215. The van der Waals surface area contributed by atoms with Crippen LogP contribution in [0.1, 0.15) is 29.8 Å². The minimum absolute atomic E-state index is 0.00230. The van der Waals surface area contributed by atoms with E-state index in [9.17, 15) is 19.5 Å². The summed E-state index contributed by atoms with van der Waals surface area (Å²) >= 11 is 3.07. The smallest absolute Gasteiger partial charge is 0.305 e. The number of carboxylic acids is 1. The van der Waals surface area contributed by atoms with Crippen LogP contribution in [0.4, 0.5) is 0 Å². The zero-order valence-electron chi connectivity index (χ0n) is 11.5. The molecule has 2 bridgehead atoms. The first kappa shape index (κ1) is 15.1. The number of hydrogen-bond acceptors (Lipinski definition) is 5. The Morgan fingerprint density at radius 1 is 1.14 bits per heavy atom. The maximum absolute atomic E-state index is 12.2. The van der Waals surface area contributed by atoms with Gasteiger partial charge < -0.3 is 14.3 Å². The number of rotatable bonds is 3. The number of carbonyl (C=O) groups excluding carboxylic acids is 3. The van der Waals surface area contributed by atoms with Crippen molar-refractivity contribution >= 4 is 33.7 Å². The molecule has 1 aromatic heterocycles. The van der Waals surface area contributed by atoms with Gasteiger partial charge in [0.05, 0.1) is 5.92 Å². The molecule has 0 spiro atoms. The molecule has 2 fully saturated rings. The molecule has 2 aliphatic rings. The van der Waals surface area contributed by atoms with Gasteiger partial charge in [-0.05, 0) is 59.2 Å². The van der Waals surface area contributed by atoms with E-state index in [0.29, 0.717) is 4.67 Å². The summed E-state index contributed by atoms with van der Waals surface area (Å²) in [7, 11) is 0. The van der Waals surface area contributed by atoms with E-state index in [1.54, 1.807) is 6.07 Å². The zero-order chi connectivity index (χ0) is 15.9. The van der Waals surface area contributed by atoms with Gasteiger partial charge in [-0.2, -0.15) is 0 Å². The van der Waals surface area contributed by atoms with E-state index in [2.05, 4.69) is 26.8 Å². The van der Waals surface area contributed by atoms with Gasteiger partial charge in [0.1, 0.15) is 0 Å². The fraction of sp³-hybridized carbons (Fsp3) is 0.500. The van der Waals surface area contributed by atoms with E-state index >= 15 is 0 Å². The molecule has 0 aromatic carbocycles. The van der Waals surface area contributed by atoms with Crippen LogP contribution in [0.5, 0.6) is 0 Å². The number of furan rings is 1. The summed E-state index contributed by atoms with van der Waals surface area (Å²) in [6, 6.07) is 3.01. The second-order valence-electron chi connectivity index (χ2n) is 5.75. The van der Waals surface area contributed by atoms with E-state index in [-0.39, 0.29) is 17.6 Å². The third kappa shape index (κ3) is 2.63. The van der Waals surface area contributed by atoms with Gasteiger partial charge >= 0.3 is 5.91 Å². The van der Waals surface area contributed by atoms with Crippen molar-refractivity contribution in [2.24, 2.45) is 23.7 Å². The Morgan fingerprint density at radius 2 is 1.82 bits per heavy atom. The standard InChI is InChI=1S/C14H15BrN2O5/c15-9-4-3-8(22-9)12(18)16-17-13(19)10-6-1-2-7(5-6)11(10)14(20)21/h3-4,6-7,10-11H,1-2,5H2,(H,16,18)(H,17,19)(H,20,21)/p-1. The van der Waals surface area contributed by atoms with Crippen molar-refractivity contribution in [2.45, 2.75) is 19.3 Å². The Kier molecular flexibility index (Phi) is 3.94. The van der Waals surface area contributed by atoms with E-state index in [1.807, 2.05) is 0 Å². The number of aliphatic carboxylic acids is 1. The number of fused-ring (bicyclic) bond motifs is 2. The first-order valence-electron chi connectivity index (χ1n) is 7.03. The molecular formula is C14H14BrN2O5-. The number of carbonyl (C=O) groups is 3. The first-order valence-corrected chi connectivity index (χ1v) is 7.83. The minimum atomic E-state index is -1.19. The van der Waals surface area contributed by atoms with Gasteiger partial charge in [0, 0.05) is 11.9 Å². The summed E-state index contributed by atoms with van der Waals surface area (Å²) in [5, 5.41) is 11.3. The molecule has 3 rings (SSSR count). The van der Waals surface area contributed by atoms with Crippen LogP contribution in [-0.4, -0.2) is 17.8 Å². The number of halogens is 1. The lowest BCUT2D eigenvalue weighted by molar-refractivity contribution is -0.314. The highest BCUT2D eigenvalue weighted by molar-refractivity contribution is 9.10. The topological polar surface area (TPSA) is 111 Å². The van der Waals surface area contributed by atoms with E-state index in [0.717, 1.165) is 19.3 Å². The fourth-order valence-electron chi connectivity index (χ4n) is 3.71. The van der Waals surface area contributed by atoms with Crippen molar-refractivity contribution in [2.75, 3.05) is 0 Å². The Morgan fingerprint density at radius 3 is 2.41 bits per heavy atom. The Labute approximate surface area is 134 Å². The zero-order valence-corrected chi connectivity index (χ0v) is 13.1. The normalized spacial score (nSPS) is 29.3. The van der Waals surface area contributed by atoms with Gasteiger partial charge in [-0.25, -0.2) is 0 Å². The van der Waals surface area contributed by atoms with Gasteiger partial charge in [0.2, 0.25) is 5.91 Å².